The highest BCUT2D eigenvalue weighted by Gasteiger charge is 2.30. The molecule has 1 amide bonds. The first-order valence-electron chi connectivity index (χ1n) is 7.85. The molecule has 124 valence electrons. The van der Waals surface area contributed by atoms with Gasteiger partial charge in [0.15, 0.2) is 11.0 Å². The van der Waals surface area contributed by atoms with Crippen LogP contribution in [0.25, 0.3) is 0 Å². The number of aromatic nitrogens is 3. The van der Waals surface area contributed by atoms with Crippen molar-refractivity contribution in [2.45, 2.75) is 46.2 Å². The van der Waals surface area contributed by atoms with Gasteiger partial charge in [0.1, 0.15) is 0 Å². The Bertz CT molecular complexity index is 683. The Labute approximate surface area is 139 Å². The number of aryl methyl sites for hydroxylation is 1. The van der Waals surface area contributed by atoms with Gasteiger partial charge in [0.05, 0.1) is 11.7 Å². The van der Waals surface area contributed by atoms with Gasteiger partial charge in [-0.25, -0.2) is 4.98 Å². The summed E-state index contributed by atoms with van der Waals surface area (Å²) in [5.74, 6) is 1.38. The van der Waals surface area contributed by atoms with E-state index in [0.717, 1.165) is 42.6 Å². The molecular weight excluding hydrogens is 314 g/mol. The Kier molecular flexibility index (Phi) is 4.72. The third kappa shape index (κ3) is 3.42. The minimum atomic E-state index is 0.0229. The zero-order valence-corrected chi connectivity index (χ0v) is 14.5. The summed E-state index contributed by atoms with van der Waals surface area (Å²) in [6.45, 7) is 7.71. The molecule has 3 rings (SSSR count). The number of carbonyl (C=O) groups is 1. The summed E-state index contributed by atoms with van der Waals surface area (Å²) in [6.07, 6.45) is 2.15. The fourth-order valence-electron chi connectivity index (χ4n) is 2.95. The molecule has 1 aliphatic rings. The highest BCUT2D eigenvalue weighted by molar-refractivity contribution is 7.14. The first kappa shape index (κ1) is 16.1. The second-order valence-electron chi connectivity index (χ2n) is 5.68. The number of hydrogen-bond acceptors (Lipinski definition) is 7. The first-order valence-corrected chi connectivity index (χ1v) is 8.73. The molecule has 0 aliphatic carbocycles. The standard InChI is InChI=1S/C15H21N5O2S/c1-4-20(11(3)21)15-17-12(9-23-15)8-19-7-5-6-13(19)14-16-10(2)22-18-14/h9,13H,4-8H2,1-3H3/t13-/m1/s1. The summed E-state index contributed by atoms with van der Waals surface area (Å²) in [4.78, 5) is 24.6. The summed E-state index contributed by atoms with van der Waals surface area (Å²) in [5, 5.41) is 6.85. The Balaban J connectivity index is 1.71. The molecule has 1 aliphatic heterocycles. The van der Waals surface area contributed by atoms with Gasteiger partial charge in [0.2, 0.25) is 11.8 Å². The van der Waals surface area contributed by atoms with Crippen LogP contribution in [0, 0.1) is 6.92 Å². The van der Waals surface area contributed by atoms with Gasteiger partial charge in [-0.2, -0.15) is 4.98 Å². The molecule has 2 aromatic rings. The van der Waals surface area contributed by atoms with Crippen LogP contribution in [-0.4, -0.2) is 39.0 Å². The minimum absolute atomic E-state index is 0.0229. The van der Waals surface area contributed by atoms with Gasteiger partial charge >= 0.3 is 0 Å². The van der Waals surface area contributed by atoms with Crippen molar-refractivity contribution in [3.05, 3.63) is 22.8 Å². The number of nitrogens with zero attached hydrogens (tertiary/aromatic N) is 5. The van der Waals surface area contributed by atoms with Crippen LogP contribution in [-0.2, 0) is 11.3 Å². The fraction of sp³-hybridized carbons (Fsp3) is 0.600. The fourth-order valence-corrected chi connectivity index (χ4v) is 3.88. The summed E-state index contributed by atoms with van der Waals surface area (Å²) < 4.78 is 5.11. The van der Waals surface area contributed by atoms with Crippen LogP contribution >= 0.6 is 11.3 Å². The number of hydrogen-bond donors (Lipinski definition) is 0. The maximum Gasteiger partial charge on any atom is 0.225 e. The average Bonchev–Trinajstić information content (AvgIpc) is 3.21. The number of anilines is 1. The maximum atomic E-state index is 11.6. The second kappa shape index (κ2) is 6.76. The van der Waals surface area contributed by atoms with E-state index in [9.17, 15) is 4.79 Å². The molecule has 2 aromatic heterocycles. The molecular formula is C15H21N5O2S. The van der Waals surface area contributed by atoms with Crippen molar-refractivity contribution < 1.29 is 9.32 Å². The zero-order valence-electron chi connectivity index (χ0n) is 13.7. The van der Waals surface area contributed by atoms with Gasteiger partial charge in [-0.3, -0.25) is 14.6 Å². The molecule has 0 spiro atoms. The van der Waals surface area contributed by atoms with E-state index in [1.165, 1.54) is 11.3 Å². The number of thiazole rings is 1. The van der Waals surface area contributed by atoms with Crippen molar-refractivity contribution in [1.29, 1.82) is 0 Å². The lowest BCUT2D eigenvalue weighted by molar-refractivity contribution is -0.116. The van der Waals surface area contributed by atoms with Gasteiger partial charge in [-0.1, -0.05) is 5.16 Å². The molecule has 0 aromatic carbocycles. The molecule has 7 nitrogen and oxygen atoms in total. The molecule has 0 radical (unpaired) electrons. The van der Waals surface area contributed by atoms with Gasteiger partial charge in [0, 0.05) is 32.3 Å². The van der Waals surface area contributed by atoms with Gasteiger partial charge in [-0.15, -0.1) is 11.3 Å². The molecule has 0 saturated carbocycles. The highest BCUT2D eigenvalue weighted by atomic mass is 32.1. The molecule has 1 atom stereocenters. The number of carbonyl (C=O) groups excluding carboxylic acids is 1. The highest BCUT2D eigenvalue weighted by Crippen LogP contribution is 2.32. The van der Waals surface area contributed by atoms with Crippen molar-refractivity contribution in [3.63, 3.8) is 0 Å². The van der Waals surface area contributed by atoms with Crippen molar-refractivity contribution in [2.75, 3.05) is 18.0 Å². The minimum Gasteiger partial charge on any atom is -0.340 e. The molecule has 1 fully saturated rings. The van der Waals surface area contributed by atoms with E-state index in [1.54, 1.807) is 11.8 Å². The van der Waals surface area contributed by atoms with E-state index in [1.807, 2.05) is 19.2 Å². The zero-order chi connectivity index (χ0) is 16.4. The lowest BCUT2D eigenvalue weighted by atomic mass is 10.2. The predicted octanol–water partition coefficient (Wildman–Crippen LogP) is 2.54. The van der Waals surface area contributed by atoms with E-state index in [4.69, 9.17) is 4.52 Å². The van der Waals surface area contributed by atoms with Crippen LogP contribution in [0.1, 0.15) is 50.1 Å². The second-order valence-corrected chi connectivity index (χ2v) is 6.52. The Morgan fingerprint density at radius 2 is 2.35 bits per heavy atom. The average molecular weight is 335 g/mol. The third-order valence-electron chi connectivity index (χ3n) is 4.04. The van der Waals surface area contributed by atoms with E-state index < -0.39 is 0 Å². The largest absolute Gasteiger partial charge is 0.340 e. The lowest BCUT2D eigenvalue weighted by Gasteiger charge is -2.20. The van der Waals surface area contributed by atoms with Crippen molar-refractivity contribution >= 4 is 22.4 Å². The lowest BCUT2D eigenvalue weighted by Crippen LogP contribution is -2.28. The summed E-state index contributed by atoms with van der Waals surface area (Å²) in [5.41, 5.74) is 0.983. The summed E-state index contributed by atoms with van der Waals surface area (Å²) in [6, 6.07) is 0.188. The molecule has 0 N–H and O–H groups in total. The monoisotopic (exact) mass is 335 g/mol. The molecule has 23 heavy (non-hydrogen) atoms. The van der Waals surface area contributed by atoms with Crippen LogP contribution in [0.4, 0.5) is 5.13 Å². The number of likely N-dealkylation sites (tertiary alicyclic amines) is 1. The molecule has 0 unspecified atom stereocenters. The maximum absolute atomic E-state index is 11.6. The van der Waals surface area contributed by atoms with Crippen LogP contribution in [0.5, 0.6) is 0 Å². The summed E-state index contributed by atoms with van der Waals surface area (Å²) in [7, 11) is 0. The van der Waals surface area contributed by atoms with E-state index in [2.05, 4.69) is 20.0 Å². The van der Waals surface area contributed by atoms with E-state index >= 15 is 0 Å². The number of amides is 1. The van der Waals surface area contributed by atoms with Gasteiger partial charge in [0.25, 0.3) is 0 Å². The molecule has 1 saturated heterocycles. The molecule has 3 heterocycles. The van der Waals surface area contributed by atoms with E-state index in [-0.39, 0.29) is 11.9 Å². The Morgan fingerprint density at radius 1 is 1.52 bits per heavy atom. The van der Waals surface area contributed by atoms with Crippen LogP contribution < -0.4 is 4.90 Å². The van der Waals surface area contributed by atoms with Gasteiger partial charge < -0.3 is 4.52 Å². The third-order valence-corrected chi connectivity index (χ3v) is 4.95. The SMILES string of the molecule is CCN(C(C)=O)c1nc(CN2CCC[C@@H]2c2noc(C)n2)cs1. The van der Waals surface area contributed by atoms with Crippen LogP contribution in [0.3, 0.4) is 0 Å². The van der Waals surface area contributed by atoms with Crippen molar-refractivity contribution in [2.24, 2.45) is 0 Å². The topological polar surface area (TPSA) is 75.4 Å². The summed E-state index contributed by atoms with van der Waals surface area (Å²) >= 11 is 1.51. The Hall–Kier alpha value is -1.80. The predicted molar refractivity (Wildman–Crippen MR) is 87.2 cm³/mol. The van der Waals surface area contributed by atoms with Crippen LogP contribution in [0.2, 0.25) is 0 Å². The van der Waals surface area contributed by atoms with Gasteiger partial charge in [-0.05, 0) is 26.3 Å². The quantitative estimate of drug-likeness (QED) is 0.836. The van der Waals surface area contributed by atoms with E-state index in [0.29, 0.717) is 12.4 Å². The molecule has 0 bridgehead atoms. The van der Waals surface area contributed by atoms with Crippen LogP contribution in [0.15, 0.2) is 9.90 Å². The normalized spacial score (nSPS) is 18.5. The first-order chi connectivity index (χ1) is 11.1. The van der Waals surface area contributed by atoms with Crippen molar-refractivity contribution in [1.82, 2.24) is 20.0 Å². The smallest absolute Gasteiger partial charge is 0.225 e. The molecule has 8 heteroatoms. The Morgan fingerprint density at radius 3 is 3.00 bits per heavy atom. The number of rotatable bonds is 5. The van der Waals surface area contributed by atoms with Crippen molar-refractivity contribution in [3.8, 4) is 0 Å².